The standard InChI is InChI=1S/C18H28N2O/c1-3-16-13-20(17-9-10-21-14(2)11-17)18(12-19-16)15-7-5-4-6-8-15/h4-8,14,16-19H,3,9-13H2,1-2H3. The molecule has 0 bridgehead atoms. The van der Waals surface area contributed by atoms with E-state index in [1.165, 1.54) is 24.8 Å². The van der Waals surface area contributed by atoms with Gasteiger partial charge in [-0.2, -0.15) is 0 Å². The highest BCUT2D eigenvalue weighted by Crippen LogP contribution is 2.31. The van der Waals surface area contributed by atoms with Crippen LogP contribution in [0.15, 0.2) is 30.3 Å². The predicted octanol–water partition coefficient (Wildman–Crippen LogP) is 2.98. The van der Waals surface area contributed by atoms with Crippen LogP contribution in [-0.2, 0) is 4.74 Å². The number of benzene rings is 1. The lowest BCUT2D eigenvalue weighted by molar-refractivity contribution is -0.0385. The maximum atomic E-state index is 5.75. The molecule has 21 heavy (non-hydrogen) atoms. The minimum Gasteiger partial charge on any atom is -0.378 e. The second kappa shape index (κ2) is 6.91. The Hall–Kier alpha value is -0.900. The van der Waals surface area contributed by atoms with Crippen molar-refractivity contribution in [3.8, 4) is 0 Å². The molecule has 0 saturated carbocycles. The predicted molar refractivity (Wildman–Crippen MR) is 86.4 cm³/mol. The Bertz CT molecular complexity index is 436. The number of ether oxygens (including phenoxy) is 1. The van der Waals surface area contributed by atoms with Gasteiger partial charge in [0.05, 0.1) is 6.10 Å². The van der Waals surface area contributed by atoms with Crippen molar-refractivity contribution in [3.63, 3.8) is 0 Å². The smallest absolute Gasteiger partial charge is 0.0561 e. The van der Waals surface area contributed by atoms with E-state index in [9.17, 15) is 0 Å². The van der Waals surface area contributed by atoms with Crippen molar-refractivity contribution in [1.82, 2.24) is 10.2 Å². The Balaban J connectivity index is 1.80. The molecule has 0 amide bonds. The Morgan fingerprint density at radius 3 is 2.81 bits per heavy atom. The minimum absolute atomic E-state index is 0.398. The Morgan fingerprint density at radius 2 is 2.10 bits per heavy atom. The summed E-state index contributed by atoms with van der Waals surface area (Å²) in [7, 11) is 0. The molecule has 0 aliphatic carbocycles. The molecule has 2 saturated heterocycles. The highest BCUT2D eigenvalue weighted by Gasteiger charge is 2.35. The van der Waals surface area contributed by atoms with Gasteiger partial charge in [-0.25, -0.2) is 0 Å². The van der Waals surface area contributed by atoms with Crippen LogP contribution in [0.3, 0.4) is 0 Å². The van der Waals surface area contributed by atoms with Crippen LogP contribution >= 0.6 is 0 Å². The van der Waals surface area contributed by atoms with Gasteiger partial charge in [0.2, 0.25) is 0 Å². The Labute approximate surface area is 128 Å². The van der Waals surface area contributed by atoms with Crippen LogP contribution in [0.5, 0.6) is 0 Å². The molecule has 1 N–H and O–H groups in total. The molecule has 116 valence electrons. The summed E-state index contributed by atoms with van der Waals surface area (Å²) in [4.78, 5) is 2.75. The van der Waals surface area contributed by atoms with Crippen molar-refractivity contribution < 1.29 is 4.74 Å². The van der Waals surface area contributed by atoms with E-state index in [4.69, 9.17) is 4.74 Å². The average molecular weight is 288 g/mol. The van der Waals surface area contributed by atoms with Crippen LogP contribution in [0, 0.1) is 0 Å². The Morgan fingerprint density at radius 1 is 1.29 bits per heavy atom. The molecule has 2 aliphatic rings. The summed E-state index contributed by atoms with van der Waals surface area (Å²) in [6, 6.07) is 12.8. The zero-order valence-corrected chi connectivity index (χ0v) is 13.3. The molecular weight excluding hydrogens is 260 g/mol. The molecule has 3 heteroatoms. The lowest BCUT2D eigenvalue weighted by Crippen LogP contribution is -2.56. The number of nitrogens with one attached hydrogen (secondary N) is 1. The minimum atomic E-state index is 0.398. The fourth-order valence-corrected chi connectivity index (χ4v) is 3.78. The van der Waals surface area contributed by atoms with E-state index < -0.39 is 0 Å². The third-order valence-electron chi connectivity index (χ3n) is 5.04. The normalized spacial score (nSPS) is 34.8. The van der Waals surface area contributed by atoms with Crippen LogP contribution in [0.25, 0.3) is 0 Å². The molecule has 2 aliphatic heterocycles. The fraction of sp³-hybridized carbons (Fsp3) is 0.667. The number of piperazine rings is 1. The van der Waals surface area contributed by atoms with Crippen molar-refractivity contribution in [2.24, 2.45) is 0 Å². The quantitative estimate of drug-likeness (QED) is 0.925. The summed E-state index contributed by atoms with van der Waals surface area (Å²) in [6.45, 7) is 7.63. The molecule has 4 atom stereocenters. The summed E-state index contributed by atoms with van der Waals surface area (Å²) in [6.07, 6.45) is 3.94. The first-order valence-electron chi connectivity index (χ1n) is 8.43. The van der Waals surface area contributed by atoms with Gasteiger partial charge in [0.15, 0.2) is 0 Å². The van der Waals surface area contributed by atoms with Crippen LogP contribution in [0.4, 0.5) is 0 Å². The molecule has 1 aromatic carbocycles. The van der Waals surface area contributed by atoms with Gasteiger partial charge in [-0.15, -0.1) is 0 Å². The molecule has 4 unspecified atom stereocenters. The molecule has 0 aromatic heterocycles. The van der Waals surface area contributed by atoms with E-state index in [0.29, 0.717) is 24.2 Å². The summed E-state index contributed by atoms with van der Waals surface area (Å²) in [5.74, 6) is 0. The van der Waals surface area contributed by atoms with Crippen molar-refractivity contribution in [2.75, 3.05) is 19.7 Å². The highest BCUT2D eigenvalue weighted by molar-refractivity contribution is 5.20. The highest BCUT2D eigenvalue weighted by atomic mass is 16.5. The zero-order valence-electron chi connectivity index (χ0n) is 13.3. The molecule has 3 nitrogen and oxygen atoms in total. The SMILES string of the molecule is CCC1CN(C2CCOC(C)C2)C(c2ccccc2)CN1. The van der Waals surface area contributed by atoms with E-state index in [1.54, 1.807) is 0 Å². The van der Waals surface area contributed by atoms with Crippen molar-refractivity contribution in [2.45, 2.75) is 57.3 Å². The average Bonchev–Trinajstić information content (AvgIpc) is 2.55. The van der Waals surface area contributed by atoms with E-state index in [1.807, 2.05) is 0 Å². The molecule has 2 heterocycles. The first-order chi connectivity index (χ1) is 10.3. The van der Waals surface area contributed by atoms with E-state index >= 15 is 0 Å². The molecule has 3 rings (SSSR count). The van der Waals surface area contributed by atoms with Crippen molar-refractivity contribution in [3.05, 3.63) is 35.9 Å². The van der Waals surface area contributed by atoms with Gasteiger partial charge in [0.1, 0.15) is 0 Å². The van der Waals surface area contributed by atoms with E-state index in [0.717, 1.165) is 19.7 Å². The van der Waals surface area contributed by atoms with Crippen molar-refractivity contribution >= 4 is 0 Å². The van der Waals surface area contributed by atoms with Crippen LogP contribution in [0.1, 0.15) is 44.7 Å². The van der Waals surface area contributed by atoms with Gasteiger partial charge in [-0.3, -0.25) is 4.90 Å². The maximum Gasteiger partial charge on any atom is 0.0561 e. The lowest BCUT2D eigenvalue weighted by atomic mass is 9.94. The van der Waals surface area contributed by atoms with Crippen LogP contribution in [0.2, 0.25) is 0 Å². The number of rotatable bonds is 3. The monoisotopic (exact) mass is 288 g/mol. The number of hydrogen-bond donors (Lipinski definition) is 1. The van der Waals surface area contributed by atoms with Gasteiger partial charge < -0.3 is 10.1 Å². The van der Waals surface area contributed by atoms with E-state index in [-0.39, 0.29) is 0 Å². The maximum absolute atomic E-state index is 5.75. The first-order valence-corrected chi connectivity index (χ1v) is 8.43. The fourth-order valence-electron chi connectivity index (χ4n) is 3.78. The molecule has 0 spiro atoms. The van der Waals surface area contributed by atoms with Gasteiger partial charge in [0.25, 0.3) is 0 Å². The van der Waals surface area contributed by atoms with Gasteiger partial charge in [-0.1, -0.05) is 37.3 Å². The molecule has 1 aromatic rings. The van der Waals surface area contributed by atoms with Gasteiger partial charge in [-0.05, 0) is 31.7 Å². The third-order valence-corrected chi connectivity index (χ3v) is 5.04. The second-order valence-electron chi connectivity index (χ2n) is 6.50. The molecule has 0 radical (unpaired) electrons. The number of hydrogen-bond acceptors (Lipinski definition) is 3. The zero-order chi connectivity index (χ0) is 14.7. The first kappa shape index (κ1) is 15.0. The second-order valence-corrected chi connectivity index (χ2v) is 6.50. The van der Waals surface area contributed by atoms with Crippen molar-refractivity contribution in [1.29, 1.82) is 0 Å². The molecular formula is C18H28N2O. The Kier molecular flexibility index (Phi) is 4.94. The van der Waals surface area contributed by atoms with E-state index in [2.05, 4.69) is 54.4 Å². The summed E-state index contributed by atoms with van der Waals surface area (Å²) in [5, 5.41) is 3.72. The van der Waals surface area contributed by atoms with Crippen LogP contribution in [-0.4, -0.2) is 42.8 Å². The topological polar surface area (TPSA) is 24.5 Å². The van der Waals surface area contributed by atoms with Gasteiger partial charge >= 0.3 is 0 Å². The summed E-state index contributed by atoms with van der Waals surface area (Å²) >= 11 is 0. The summed E-state index contributed by atoms with van der Waals surface area (Å²) < 4.78 is 5.75. The number of nitrogens with zero attached hydrogens (tertiary/aromatic N) is 1. The molecule has 2 fully saturated rings. The van der Waals surface area contributed by atoms with Gasteiger partial charge in [0, 0.05) is 37.8 Å². The third kappa shape index (κ3) is 3.47. The van der Waals surface area contributed by atoms with Crippen LogP contribution < -0.4 is 5.32 Å². The largest absolute Gasteiger partial charge is 0.378 e. The lowest BCUT2D eigenvalue weighted by Gasteiger charge is -2.46. The summed E-state index contributed by atoms with van der Waals surface area (Å²) in [5.41, 5.74) is 1.44.